The number of nitrogens with zero attached hydrogens (tertiary/aromatic N) is 1. The Balaban J connectivity index is 2.21. The average Bonchev–Trinajstić information content (AvgIpc) is 2.48. The van der Waals surface area contributed by atoms with Gasteiger partial charge in [-0.05, 0) is 43.7 Å². The molecule has 0 aliphatic rings. The van der Waals surface area contributed by atoms with Crippen molar-refractivity contribution in [1.82, 2.24) is 4.98 Å². The normalized spacial score (nSPS) is 10.2. The first-order valence-corrected chi connectivity index (χ1v) is 6.60. The van der Waals surface area contributed by atoms with Crippen LogP contribution in [-0.2, 0) is 11.3 Å². The summed E-state index contributed by atoms with van der Waals surface area (Å²) in [6.07, 6.45) is 0. The van der Waals surface area contributed by atoms with Gasteiger partial charge in [0.2, 0.25) is 0 Å². The van der Waals surface area contributed by atoms with Crippen LogP contribution in [0.25, 0.3) is 0 Å². The number of rotatable bonds is 4. The van der Waals surface area contributed by atoms with Crippen molar-refractivity contribution in [2.75, 3.05) is 12.4 Å². The lowest BCUT2D eigenvalue weighted by Crippen LogP contribution is -2.08. The van der Waals surface area contributed by atoms with Crippen LogP contribution in [0.3, 0.4) is 0 Å². The minimum Gasteiger partial charge on any atom is -0.506 e. The summed E-state index contributed by atoms with van der Waals surface area (Å²) in [5, 5.41) is 13.0. The predicted molar refractivity (Wildman–Crippen MR) is 80.5 cm³/mol. The van der Waals surface area contributed by atoms with E-state index in [0.717, 1.165) is 16.9 Å². The molecule has 2 aromatic rings. The highest BCUT2D eigenvalue weighted by Gasteiger charge is 2.12. The van der Waals surface area contributed by atoms with E-state index in [1.807, 2.05) is 19.9 Å². The molecule has 1 aromatic carbocycles. The van der Waals surface area contributed by atoms with Gasteiger partial charge in [0.1, 0.15) is 11.4 Å². The zero-order valence-corrected chi connectivity index (χ0v) is 12.3. The fraction of sp³-hybridized carbons (Fsp3) is 0.250. The van der Waals surface area contributed by atoms with E-state index in [9.17, 15) is 9.90 Å². The average molecular weight is 286 g/mol. The summed E-state index contributed by atoms with van der Waals surface area (Å²) in [4.78, 5) is 15.9. The fourth-order valence-electron chi connectivity index (χ4n) is 2.07. The van der Waals surface area contributed by atoms with E-state index in [1.54, 1.807) is 24.3 Å². The molecule has 0 aliphatic heterocycles. The number of aryl methyl sites for hydroxylation is 1. The molecule has 0 radical (unpaired) electrons. The van der Waals surface area contributed by atoms with Crippen molar-refractivity contribution in [1.29, 1.82) is 0 Å². The Bertz CT molecular complexity index is 669. The van der Waals surface area contributed by atoms with Gasteiger partial charge in [0.25, 0.3) is 0 Å². The zero-order chi connectivity index (χ0) is 15.4. The lowest BCUT2D eigenvalue weighted by molar-refractivity contribution is 0.0600. The van der Waals surface area contributed by atoms with Crippen LogP contribution in [0.5, 0.6) is 5.75 Å². The minimum atomic E-state index is -0.368. The number of anilines is 1. The number of benzene rings is 1. The highest BCUT2D eigenvalue weighted by molar-refractivity contribution is 5.92. The van der Waals surface area contributed by atoms with E-state index >= 15 is 0 Å². The minimum absolute atomic E-state index is 0.148. The van der Waals surface area contributed by atoms with Crippen molar-refractivity contribution in [2.45, 2.75) is 20.4 Å². The van der Waals surface area contributed by atoms with Crippen LogP contribution in [0.2, 0.25) is 0 Å². The van der Waals surface area contributed by atoms with Crippen LogP contribution < -0.4 is 5.32 Å². The number of ether oxygens (including phenoxy) is 1. The van der Waals surface area contributed by atoms with Crippen molar-refractivity contribution in [3.8, 4) is 5.75 Å². The Morgan fingerprint density at radius 1 is 1.29 bits per heavy atom. The molecule has 0 saturated carbocycles. The van der Waals surface area contributed by atoms with Crippen LogP contribution in [0.4, 0.5) is 5.69 Å². The van der Waals surface area contributed by atoms with Gasteiger partial charge in [0, 0.05) is 11.4 Å². The molecule has 0 amide bonds. The molecule has 1 heterocycles. The molecule has 0 saturated heterocycles. The number of carbonyl (C=O) groups excluding carboxylic acids is 1. The number of hydrogen-bond acceptors (Lipinski definition) is 5. The van der Waals surface area contributed by atoms with Gasteiger partial charge in [-0.1, -0.05) is 6.07 Å². The number of aromatic nitrogens is 1. The highest BCUT2D eigenvalue weighted by Crippen LogP contribution is 2.22. The van der Waals surface area contributed by atoms with Crippen LogP contribution in [0.1, 0.15) is 27.3 Å². The summed E-state index contributed by atoms with van der Waals surface area (Å²) >= 11 is 0. The predicted octanol–water partition coefficient (Wildman–Crippen LogP) is 2.80. The summed E-state index contributed by atoms with van der Waals surface area (Å²) in [6.45, 7) is 4.09. The van der Waals surface area contributed by atoms with Gasteiger partial charge in [-0.15, -0.1) is 0 Å². The number of nitrogens with one attached hydrogen (secondary N) is 1. The molecule has 0 fully saturated rings. The molecule has 0 bridgehead atoms. The van der Waals surface area contributed by atoms with Gasteiger partial charge in [-0.2, -0.15) is 0 Å². The molecule has 21 heavy (non-hydrogen) atoms. The van der Waals surface area contributed by atoms with Crippen LogP contribution in [0.15, 0.2) is 30.3 Å². The van der Waals surface area contributed by atoms with Gasteiger partial charge in [-0.25, -0.2) is 4.79 Å². The van der Waals surface area contributed by atoms with E-state index in [2.05, 4.69) is 10.3 Å². The monoisotopic (exact) mass is 286 g/mol. The molecule has 0 aliphatic carbocycles. The van der Waals surface area contributed by atoms with E-state index in [-0.39, 0.29) is 11.7 Å². The molecule has 0 atom stereocenters. The number of esters is 1. The van der Waals surface area contributed by atoms with Gasteiger partial charge in [0.05, 0.1) is 19.2 Å². The van der Waals surface area contributed by atoms with E-state index in [0.29, 0.717) is 17.8 Å². The number of pyridine rings is 1. The number of carbonyl (C=O) groups is 1. The summed E-state index contributed by atoms with van der Waals surface area (Å²) in [6, 6.07) is 8.74. The van der Waals surface area contributed by atoms with Gasteiger partial charge in [0.15, 0.2) is 0 Å². The smallest absolute Gasteiger partial charge is 0.338 e. The largest absolute Gasteiger partial charge is 0.506 e. The molecule has 0 spiro atoms. The van der Waals surface area contributed by atoms with Gasteiger partial charge >= 0.3 is 5.97 Å². The van der Waals surface area contributed by atoms with Gasteiger partial charge < -0.3 is 15.2 Å². The summed E-state index contributed by atoms with van der Waals surface area (Å²) < 4.78 is 4.75. The van der Waals surface area contributed by atoms with E-state index < -0.39 is 0 Å². The number of methoxy groups -OCH3 is 1. The molecule has 5 nitrogen and oxygen atoms in total. The maximum atomic E-state index is 11.7. The molecule has 2 N–H and O–H groups in total. The molecule has 2 rings (SSSR count). The second-order valence-corrected chi connectivity index (χ2v) is 4.74. The van der Waals surface area contributed by atoms with Crippen molar-refractivity contribution < 1.29 is 14.6 Å². The van der Waals surface area contributed by atoms with E-state index in [4.69, 9.17) is 4.74 Å². The first-order valence-electron chi connectivity index (χ1n) is 6.60. The topological polar surface area (TPSA) is 71.5 Å². The fourth-order valence-corrected chi connectivity index (χ4v) is 2.07. The van der Waals surface area contributed by atoms with Crippen LogP contribution >= 0.6 is 0 Å². The van der Waals surface area contributed by atoms with Crippen molar-refractivity contribution >= 4 is 11.7 Å². The Morgan fingerprint density at radius 3 is 2.76 bits per heavy atom. The lowest BCUT2D eigenvalue weighted by atomic mass is 10.1. The first kappa shape index (κ1) is 14.8. The Hall–Kier alpha value is -2.56. The third-order valence-electron chi connectivity index (χ3n) is 3.27. The molecular weight excluding hydrogens is 268 g/mol. The zero-order valence-electron chi connectivity index (χ0n) is 12.3. The molecule has 1 aromatic heterocycles. The summed E-state index contributed by atoms with van der Waals surface area (Å²) in [5.74, 6) is -0.220. The third kappa shape index (κ3) is 3.31. The maximum absolute atomic E-state index is 11.7. The second-order valence-electron chi connectivity index (χ2n) is 4.74. The summed E-state index contributed by atoms with van der Waals surface area (Å²) in [5.41, 5.74) is 3.53. The molecule has 110 valence electrons. The Morgan fingerprint density at radius 2 is 2.05 bits per heavy atom. The second kappa shape index (κ2) is 6.26. The van der Waals surface area contributed by atoms with E-state index in [1.165, 1.54) is 7.11 Å². The van der Waals surface area contributed by atoms with Crippen LogP contribution in [-0.4, -0.2) is 23.2 Å². The Labute approximate surface area is 123 Å². The molecular formula is C16H18N2O3. The quantitative estimate of drug-likeness (QED) is 0.846. The van der Waals surface area contributed by atoms with Crippen molar-refractivity contribution in [2.24, 2.45) is 0 Å². The lowest BCUT2D eigenvalue weighted by Gasteiger charge is -2.13. The van der Waals surface area contributed by atoms with Crippen molar-refractivity contribution in [3.05, 3.63) is 52.8 Å². The first-order chi connectivity index (χ1) is 10.0. The molecule has 5 heteroatoms. The highest BCUT2D eigenvalue weighted by atomic mass is 16.5. The SMILES string of the molecule is COC(=O)c1cccc(NCc2nc(C)ccc2O)c1C. The summed E-state index contributed by atoms with van der Waals surface area (Å²) in [7, 11) is 1.36. The maximum Gasteiger partial charge on any atom is 0.338 e. The standard InChI is InChI=1S/C16H18N2O3/c1-10-7-8-15(19)14(18-10)9-17-13-6-4-5-12(11(13)2)16(20)21-3/h4-8,17,19H,9H2,1-3H3. The van der Waals surface area contributed by atoms with Crippen molar-refractivity contribution in [3.63, 3.8) is 0 Å². The van der Waals surface area contributed by atoms with Crippen LogP contribution in [0, 0.1) is 13.8 Å². The van der Waals surface area contributed by atoms with Gasteiger partial charge in [-0.3, -0.25) is 4.98 Å². The molecule has 0 unspecified atom stereocenters. The number of hydrogen-bond donors (Lipinski definition) is 2. The Kier molecular flexibility index (Phi) is 4.42. The third-order valence-corrected chi connectivity index (χ3v) is 3.27. The number of aromatic hydroxyl groups is 1.